The summed E-state index contributed by atoms with van der Waals surface area (Å²) in [5.41, 5.74) is 0.959. The molecular formula is C11H14IN3. The summed E-state index contributed by atoms with van der Waals surface area (Å²) in [5.74, 6) is 0.953. The van der Waals surface area contributed by atoms with Gasteiger partial charge in [0, 0.05) is 22.4 Å². The van der Waals surface area contributed by atoms with E-state index in [2.05, 4.69) is 44.5 Å². The van der Waals surface area contributed by atoms with E-state index in [9.17, 15) is 0 Å². The smallest absolute Gasteiger partial charge is 0.142 e. The van der Waals surface area contributed by atoms with Gasteiger partial charge in [0.25, 0.3) is 0 Å². The maximum Gasteiger partial charge on any atom is 0.142 e. The molecule has 0 saturated carbocycles. The summed E-state index contributed by atoms with van der Waals surface area (Å²) in [5, 5.41) is 1.12. The Hall–Kier alpha value is -0.650. The van der Waals surface area contributed by atoms with Crippen molar-refractivity contribution in [2.75, 3.05) is 0 Å². The summed E-state index contributed by atoms with van der Waals surface area (Å²) < 4.78 is 1.18. The molecule has 1 N–H and O–H groups in total. The first-order valence-electron chi connectivity index (χ1n) is 5.29. The summed E-state index contributed by atoms with van der Waals surface area (Å²) in [6.45, 7) is 2.21. The summed E-state index contributed by atoms with van der Waals surface area (Å²) in [6.07, 6.45) is 8.54. The van der Waals surface area contributed by atoms with Crippen LogP contribution in [-0.4, -0.2) is 15.0 Å². The monoisotopic (exact) mass is 315 g/mol. The quantitative estimate of drug-likeness (QED) is 0.695. The van der Waals surface area contributed by atoms with Crippen molar-refractivity contribution in [3.8, 4) is 0 Å². The largest absolute Gasteiger partial charge is 0.345 e. The Morgan fingerprint density at radius 2 is 2.27 bits per heavy atom. The number of nitrogens with one attached hydrogen (secondary N) is 1. The van der Waals surface area contributed by atoms with Gasteiger partial charge < -0.3 is 4.98 Å². The van der Waals surface area contributed by atoms with Crippen molar-refractivity contribution >= 4 is 33.6 Å². The van der Waals surface area contributed by atoms with E-state index in [0.717, 1.165) is 23.3 Å². The van der Waals surface area contributed by atoms with Crippen LogP contribution in [0.25, 0.3) is 11.0 Å². The van der Waals surface area contributed by atoms with Crippen molar-refractivity contribution in [2.24, 2.45) is 0 Å². The summed E-state index contributed by atoms with van der Waals surface area (Å²) in [7, 11) is 0. The number of hydrogen-bond donors (Lipinski definition) is 1. The van der Waals surface area contributed by atoms with Crippen LogP contribution in [0.3, 0.4) is 0 Å². The molecule has 4 heteroatoms. The van der Waals surface area contributed by atoms with Gasteiger partial charge in [0.05, 0.1) is 5.39 Å². The number of aromatic nitrogens is 3. The van der Waals surface area contributed by atoms with E-state index in [1.54, 1.807) is 0 Å². The number of fused-ring (bicyclic) bond motifs is 1. The molecule has 0 spiro atoms. The van der Waals surface area contributed by atoms with Crippen LogP contribution in [-0.2, 0) is 6.42 Å². The maximum atomic E-state index is 4.50. The van der Waals surface area contributed by atoms with E-state index >= 15 is 0 Å². The molecule has 0 aliphatic carbocycles. The number of rotatable bonds is 4. The number of halogens is 1. The van der Waals surface area contributed by atoms with Crippen LogP contribution >= 0.6 is 22.6 Å². The number of H-pyrrole nitrogens is 1. The second-order valence-corrected chi connectivity index (χ2v) is 4.80. The molecular weight excluding hydrogens is 301 g/mol. The van der Waals surface area contributed by atoms with Gasteiger partial charge in [0.2, 0.25) is 0 Å². The Kier molecular flexibility index (Phi) is 3.56. The molecule has 2 aromatic rings. The fourth-order valence-corrected chi connectivity index (χ4v) is 2.12. The molecule has 2 aromatic heterocycles. The second-order valence-electron chi connectivity index (χ2n) is 3.64. The standard InChI is InChI=1S/C11H14IN3/c1-2-3-4-5-10-13-6-8-9(12)7-14-11(8)15-10/h6-7H,2-5H2,1H3,(H,13,14,15). The zero-order valence-electron chi connectivity index (χ0n) is 8.76. The van der Waals surface area contributed by atoms with Crippen LogP contribution < -0.4 is 0 Å². The molecule has 80 valence electrons. The Morgan fingerprint density at radius 3 is 3.07 bits per heavy atom. The van der Waals surface area contributed by atoms with Crippen molar-refractivity contribution in [1.82, 2.24) is 15.0 Å². The van der Waals surface area contributed by atoms with E-state index < -0.39 is 0 Å². The highest BCUT2D eigenvalue weighted by molar-refractivity contribution is 14.1. The molecule has 0 amide bonds. The van der Waals surface area contributed by atoms with Gasteiger partial charge in [-0.15, -0.1) is 0 Å². The molecule has 0 aliphatic rings. The van der Waals surface area contributed by atoms with Gasteiger partial charge in [-0.2, -0.15) is 0 Å². The van der Waals surface area contributed by atoms with Crippen molar-refractivity contribution < 1.29 is 0 Å². The lowest BCUT2D eigenvalue weighted by molar-refractivity contribution is 0.695. The Morgan fingerprint density at radius 1 is 1.40 bits per heavy atom. The third kappa shape index (κ3) is 2.48. The van der Waals surface area contributed by atoms with Gasteiger partial charge in [-0.1, -0.05) is 19.8 Å². The lowest BCUT2D eigenvalue weighted by Gasteiger charge is -1.98. The first-order chi connectivity index (χ1) is 7.31. The van der Waals surface area contributed by atoms with Crippen LogP contribution in [0.5, 0.6) is 0 Å². The molecule has 0 saturated heterocycles. The SMILES string of the molecule is CCCCCc1ncc2c(I)c[nH]c2n1. The van der Waals surface area contributed by atoms with Crippen molar-refractivity contribution in [1.29, 1.82) is 0 Å². The topological polar surface area (TPSA) is 41.6 Å². The molecule has 2 heterocycles. The van der Waals surface area contributed by atoms with Crippen molar-refractivity contribution in [3.05, 3.63) is 21.8 Å². The molecule has 0 bridgehead atoms. The van der Waals surface area contributed by atoms with Crippen LogP contribution in [0.15, 0.2) is 12.4 Å². The van der Waals surface area contributed by atoms with E-state index in [1.165, 1.54) is 22.8 Å². The number of aromatic amines is 1. The predicted octanol–water partition coefficient (Wildman–Crippen LogP) is 3.30. The fraction of sp³-hybridized carbons (Fsp3) is 0.455. The number of unbranched alkanes of at least 4 members (excludes halogenated alkanes) is 2. The Bertz CT molecular complexity index is 450. The number of hydrogen-bond acceptors (Lipinski definition) is 2. The molecule has 0 aliphatic heterocycles. The van der Waals surface area contributed by atoms with E-state index in [4.69, 9.17) is 0 Å². The summed E-state index contributed by atoms with van der Waals surface area (Å²) in [6, 6.07) is 0. The van der Waals surface area contributed by atoms with Gasteiger partial charge in [-0.05, 0) is 29.0 Å². The average Bonchev–Trinajstić information content (AvgIpc) is 2.61. The first-order valence-corrected chi connectivity index (χ1v) is 6.37. The number of nitrogens with zero attached hydrogens (tertiary/aromatic N) is 2. The van der Waals surface area contributed by atoms with E-state index in [1.807, 2.05) is 12.4 Å². The molecule has 0 radical (unpaired) electrons. The summed E-state index contributed by atoms with van der Waals surface area (Å²) >= 11 is 2.29. The molecule has 3 nitrogen and oxygen atoms in total. The minimum atomic E-state index is 0.953. The highest BCUT2D eigenvalue weighted by atomic mass is 127. The third-order valence-corrected chi connectivity index (χ3v) is 3.33. The number of aryl methyl sites for hydroxylation is 1. The first kappa shape index (κ1) is 10.9. The van der Waals surface area contributed by atoms with Crippen LogP contribution in [0.1, 0.15) is 32.0 Å². The van der Waals surface area contributed by atoms with Gasteiger partial charge >= 0.3 is 0 Å². The van der Waals surface area contributed by atoms with E-state index in [0.29, 0.717) is 0 Å². The second kappa shape index (κ2) is 4.92. The van der Waals surface area contributed by atoms with Crippen LogP contribution in [0, 0.1) is 3.57 Å². The van der Waals surface area contributed by atoms with Gasteiger partial charge in [0.15, 0.2) is 0 Å². The fourth-order valence-electron chi connectivity index (χ4n) is 1.57. The lowest BCUT2D eigenvalue weighted by Crippen LogP contribution is -1.94. The van der Waals surface area contributed by atoms with Crippen molar-refractivity contribution in [2.45, 2.75) is 32.6 Å². The average molecular weight is 315 g/mol. The van der Waals surface area contributed by atoms with Gasteiger partial charge in [-0.3, -0.25) is 0 Å². The molecule has 2 rings (SSSR count). The lowest BCUT2D eigenvalue weighted by atomic mass is 10.2. The molecule has 0 atom stereocenters. The van der Waals surface area contributed by atoms with Crippen LogP contribution in [0.4, 0.5) is 0 Å². The van der Waals surface area contributed by atoms with Gasteiger partial charge in [0.1, 0.15) is 11.5 Å². The zero-order valence-corrected chi connectivity index (χ0v) is 10.9. The van der Waals surface area contributed by atoms with E-state index in [-0.39, 0.29) is 0 Å². The maximum absolute atomic E-state index is 4.50. The molecule has 0 unspecified atom stereocenters. The minimum Gasteiger partial charge on any atom is -0.345 e. The highest BCUT2D eigenvalue weighted by Gasteiger charge is 2.04. The summed E-state index contributed by atoms with van der Waals surface area (Å²) in [4.78, 5) is 12.0. The Balaban J connectivity index is 2.16. The van der Waals surface area contributed by atoms with Crippen LogP contribution in [0.2, 0.25) is 0 Å². The predicted molar refractivity (Wildman–Crippen MR) is 69.8 cm³/mol. The molecule has 0 aromatic carbocycles. The molecule has 15 heavy (non-hydrogen) atoms. The Labute approximate surface area is 103 Å². The normalized spacial score (nSPS) is 11.1. The minimum absolute atomic E-state index is 0.953. The third-order valence-electron chi connectivity index (χ3n) is 2.44. The van der Waals surface area contributed by atoms with Gasteiger partial charge in [-0.25, -0.2) is 9.97 Å². The highest BCUT2D eigenvalue weighted by Crippen LogP contribution is 2.17. The molecule has 0 fully saturated rings. The van der Waals surface area contributed by atoms with Crippen molar-refractivity contribution in [3.63, 3.8) is 0 Å². The zero-order chi connectivity index (χ0) is 10.7.